The zero-order valence-electron chi connectivity index (χ0n) is 8.99. The smallest absolute Gasteiger partial charge is 0.337 e. The van der Waals surface area contributed by atoms with Gasteiger partial charge in [0, 0.05) is 27.3 Å². The summed E-state index contributed by atoms with van der Waals surface area (Å²) in [6, 6.07) is 2.93. The molecule has 1 saturated heterocycles. The number of hydrogen-bond acceptors (Lipinski definition) is 2. The summed E-state index contributed by atoms with van der Waals surface area (Å²) in [6.45, 7) is 0.444. The highest BCUT2D eigenvalue weighted by Gasteiger charge is 2.32. The molecule has 1 aliphatic rings. The van der Waals surface area contributed by atoms with Gasteiger partial charge in [0.05, 0.1) is 11.3 Å². The quantitative estimate of drug-likeness (QED) is 0.779. The fourth-order valence-electron chi connectivity index (χ4n) is 1.88. The molecule has 7 heteroatoms. The third-order valence-corrected chi connectivity index (χ3v) is 4.04. The number of carboxylic acid groups (broad SMARTS) is 1. The lowest BCUT2D eigenvalue weighted by molar-refractivity contribution is -0.117. The Hall–Kier alpha value is -0.590. The Bertz CT molecular complexity index is 535. The Morgan fingerprint density at radius 3 is 2.67 bits per heavy atom. The van der Waals surface area contributed by atoms with Gasteiger partial charge in [0.25, 0.3) is 0 Å². The Labute approximate surface area is 125 Å². The number of halogens is 3. The lowest BCUT2D eigenvalue weighted by Crippen LogP contribution is -2.27. The molecular weight excluding hydrogens is 389 g/mol. The number of rotatable bonds is 2. The number of nitrogens with zero attached hydrogens (tertiary/aromatic N) is 1. The van der Waals surface area contributed by atoms with Crippen LogP contribution in [0.25, 0.3) is 0 Å². The number of alkyl halides is 1. The van der Waals surface area contributed by atoms with Crippen LogP contribution in [-0.2, 0) is 4.79 Å². The van der Waals surface area contributed by atoms with Crippen molar-refractivity contribution in [1.82, 2.24) is 0 Å². The van der Waals surface area contributed by atoms with E-state index in [-0.39, 0.29) is 16.3 Å². The average Bonchev–Trinajstić information content (AvgIpc) is 2.56. The van der Waals surface area contributed by atoms with Crippen LogP contribution in [0, 0.1) is 0 Å². The summed E-state index contributed by atoms with van der Waals surface area (Å²) in [7, 11) is 0. The third-order valence-electron chi connectivity index (χ3n) is 2.61. The van der Waals surface area contributed by atoms with E-state index in [0.29, 0.717) is 28.1 Å². The first-order valence-corrected chi connectivity index (χ1v) is 7.15. The summed E-state index contributed by atoms with van der Waals surface area (Å²) in [5.74, 6) is -1.22. The van der Waals surface area contributed by atoms with Crippen molar-refractivity contribution < 1.29 is 14.7 Å². The zero-order chi connectivity index (χ0) is 13.4. The fraction of sp³-hybridized carbons (Fsp3) is 0.273. The van der Waals surface area contributed by atoms with Crippen LogP contribution >= 0.6 is 43.5 Å². The topological polar surface area (TPSA) is 57.6 Å². The average molecular weight is 397 g/mol. The molecule has 1 N–H and O–H groups in total. The van der Waals surface area contributed by atoms with E-state index < -0.39 is 5.97 Å². The Morgan fingerprint density at radius 1 is 1.50 bits per heavy atom. The maximum absolute atomic E-state index is 11.8. The second kappa shape index (κ2) is 5.19. The molecular formula is C11H8Br2ClNO3. The van der Waals surface area contributed by atoms with E-state index in [2.05, 4.69) is 31.9 Å². The number of hydrogen-bond donors (Lipinski definition) is 1. The molecule has 1 aliphatic heterocycles. The van der Waals surface area contributed by atoms with Crippen molar-refractivity contribution in [3.63, 3.8) is 0 Å². The van der Waals surface area contributed by atoms with Gasteiger partial charge >= 0.3 is 5.97 Å². The van der Waals surface area contributed by atoms with Crippen LogP contribution in [-0.4, -0.2) is 28.4 Å². The first-order chi connectivity index (χ1) is 8.40. The zero-order valence-corrected chi connectivity index (χ0v) is 12.9. The standard InChI is InChI=1S/C11H8Br2ClNO3/c12-5-1-9(16)15(4-5)10-7(11(17)18)2-6(14)3-8(10)13/h2-3,5H,1,4H2,(H,17,18). The van der Waals surface area contributed by atoms with Crippen LogP contribution in [0.5, 0.6) is 0 Å². The fourth-order valence-corrected chi connectivity index (χ4v) is 3.47. The van der Waals surface area contributed by atoms with Crippen LogP contribution in [0.15, 0.2) is 16.6 Å². The summed E-state index contributed by atoms with van der Waals surface area (Å²) < 4.78 is 0.502. The highest BCUT2D eigenvalue weighted by atomic mass is 79.9. The van der Waals surface area contributed by atoms with Gasteiger partial charge in [0.1, 0.15) is 0 Å². The van der Waals surface area contributed by atoms with Gasteiger partial charge in [0.2, 0.25) is 5.91 Å². The molecule has 4 nitrogen and oxygen atoms in total. The molecule has 1 heterocycles. The number of amides is 1. The van der Waals surface area contributed by atoms with Crippen molar-refractivity contribution in [2.24, 2.45) is 0 Å². The molecule has 18 heavy (non-hydrogen) atoms. The number of benzene rings is 1. The van der Waals surface area contributed by atoms with Gasteiger partial charge in [-0.1, -0.05) is 27.5 Å². The lowest BCUT2D eigenvalue weighted by Gasteiger charge is -2.20. The van der Waals surface area contributed by atoms with E-state index in [9.17, 15) is 14.7 Å². The molecule has 1 amide bonds. The van der Waals surface area contributed by atoms with Crippen molar-refractivity contribution in [1.29, 1.82) is 0 Å². The second-order valence-electron chi connectivity index (χ2n) is 3.89. The van der Waals surface area contributed by atoms with E-state index in [1.165, 1.54) is 11.0 Å². The third kappa shape index (κ3) is 2.55. The van der Waals surface area contributed by atoms with Crippen molar-refractivity contribution in [2.45, 2.75) is 11.2 Å². The van der Waals surface area contributed by atoms with Crippen molar-refractivity contribution >= 4 is 61.0 Å². The molecule has 0 saturated carbocycles. The largest absolute Gasteiger partial charge is 0.478 e. The summed E-state index contributed by atoms with van der Waals surface area (Å²) >= 11 is 12.5. The minimum absolute atomic E-state index is 0.0179. The first kappa shape index (κ1) is 13.8. The normalized spacial score (nSPS) is 19.4. The highest BCUT2D eigenvalue weighted by molar-refractivity contribution is 9.10. The predicted molar refractivity (Wildman–Crippen MR) is 75.8 cm³/mol. The van der Waals surface area contributed by atoms with Crippen LogP contribution in [0.1, 0.15) is 16.8 Å². The van der Waals surface area contributed by atoms with Gasteiger partial charge in [0.15, 0.2) is 0 Å². The molecule has 1 unspecified atom stereocenters. The Kier molecular flexibility index (Phi) is 3.99. The second-order valence-corrected chi connectivity index (χ2v) is 6.48. The number of aromatic carboxylic acids is 1. The van der Waals surface area contributed by atoms with Gasteiger partial charge < -0.3 is 10.0 Å². The SMILES string of the molecule is O=C(O)c1cc(Cl)cc(Br)c1N1CC(Br)CC1=O. The van der Waals surface area contributed by atoms with Gasteiger partial charge in [-0.3, -0.25) is 4.79 Å². The summed E-state index contributed by atoms with van der Waals surface area (Å²) in [5.41, 5.74) is 0.378. The number of carboxylic acids is 1. The molecule has 0 aliphatic carbocycles. The van der Waals surface area contributed by atoms with E-state index in [4.69, 9.17) is 11.6 Å². The van der Waals surface area contributed by atoms with E-state index in [1.807, 2.05) is 0 Å². The number of carbonyl (C=O) groups excluding carboxylic acids is 1. The van der Waals surface area contributed by atoms with Crippen LogP contribution < -0.4 is 4.90 Å². The molecule has 1 atom stereocenters. The van der Waals surface area contributed by atoms with E-state index >= 15 is 0 Å². The van der Waals surface area contributed by atoms with Gasteiger partial charge in [-0.2, -0.15) is 0 Å². The molecule has 0 aromatic heterocycles. The van der Waals surface area contributed by atoms with Gasteiger partial charge in [-0.25, -0.2) is 4.79 Å². The number of anilines is 1. The highest BCUT2D eigenvalue weighted by Crippen LogP contribution is 2.36. The molecule has 96 valence electrons. The number of carbonyl (C=O) groups is 2. The molecule has 1 fully saturated rings. The summed E-state index contributed by atoms with van der Waals surface area (Å²) in [5, 5.41) is 9.51. The van der Waals surface area contributed by atoms with Crippen LogP contribution in [0.3, 0.4) is 0 Å². The first-order valence-electron chi connectivity index (χ1n) is 5.07. The summed E-state index contributed by atoms with van der Waals surface area (Å²) in [6.07, 6.45) is 0.355. The van der Waals surface area contributed by atoms with E-state index in [1.54, 1.807) is 6.07 Å². The Morgan fingerprint density at radius 2 is 2.17 bits per heavy atom. The van der Waals surface area contributed by atoms with Crippen molar-refractivity contribution in [3.8, 4) is 0 Å². The minimum Gasteiger partial charge on any atom is -0.478 e. The monoisotopic (exact) mass is 395 g/mol. The lowest BCUT2D eigenvalue weighted by atomic mass is 10.1. The Balaban J connectivity index is 2.56. The maximum atomic E-state index is 11.8. The van der Waals surface area contributed by atoms with Gasteiger partial charge in [-0.05, 0) is 28.1 Å². The minimum atomic E-state index is -1.11. The van der Waals surface area contributed by atoms with Crippen LogP contribution in [0.2, 0.25) is 5.02 Å². The maximum Gasteiger partial charge on any atom is 0.337 e. The molecule has 1 aromatic carbocycles. The van der Waals surface area contributed by atoms with Crippen molar-refractivity contribution in [2.75, 3.05) is 11.4 Å². The predicted octanol–water partition coefficient (Wildman–Crippen LogP) is 3.30. The molecule has 2 rings (SSSR count). The van der Waals surface area contributed by atoms with E-state index in [0.717, 1.165) is 0 Å². The van der Waals surface area contributed by atoms with Crippen molar-refractivity contribution in [3.05, 3.63) is 27.2 Å². The molecule has 0 bridgehead atoms. The summed E-state index contributed by atoms with van der Waals surface area (Å²) in [4.78, 5) is 24.6. The molecule has 0 spiro atoms. The van der Waals surface area contributed by atoms with Gasteiger partial charge in [-0.15, -0.1) is 0 Å². The molecule has 1 aromatic rings. The molecule has 0 radical (unpaired) electrons. The van der Waals surface area contributed by atoms with Crippen LogP contribution in [0.4, 0.5) is 5.69 Å².